The number of carbonyl (C=O) groups excluding carboxylic acids is 2. The standard InChI is InChI=1S/C20H19BrN2O4/c1-12(24)23-7-6-14-9-15(21)10-16(20(14)23)22-19(25)5-3-13-2-4-17-18(8-13)27-11-26-17/h2,4,8-10H,3,5-7,11H2,1H3,(H,22,25). The quantitative estimate of drug-likeness (QED) is 0.803. The Bertz CT molecular complexity index is 928. The predicted molar refractivity (Wildman–Crippen MR) is 105 cm³/mol. The van der Waals surface area contributed by atoms with Gasteiger partial charge in [0.25, 0.3) is 0 Å². The Morgan fingerprint density at radius 1 is 1.19 bits per heavy atom. The van der Waals surface area contributed by atoms with Gasteiger partial charge in [-0.3, -0.25) is 9.59 Å². The van der Waals surface area contributed by atoms with Crippen LogP contribution in [0.3, 0.4) is 0 Å². The van der Waals surface area contributed by atoms with Crippen molar-refractivity contribution in [2.24, 2.45) is 0 Å². The molecule has 1 N–H and O–H groups in total. The first-order valence-corrected chi connectivity index (χ1v) is 9.59. The molecule has 0 spiro atoms. The van der Waals surface area contributed by atoms with Crippen LogP contribution in [0.5, 0.6) is 11.5 Å². The molecule has 2 aromatic carbocycles. The first-order valence-electron chi connectivity index (χ1n) is 8.80. The molecule has 0 aliphatic carbocycles. The van der Waals surface area contributed by atoms with E-state index in [0.29, 0.717) is 25.1 Å². The summed E-state index contributed by atoms with van der Waals surface area (Å²) in [5, 5.41) is 2.97. The maximum atomic E-state index is 12.5. The molecule has 2 heterocycles. The number of ether oxygens (including phenoxy) is 2. The number of hydrogen-bond acceptors (Lipinski definition) is 4. The zero-order valence-corrected chi connectivity index (χ0v) is 16.5. The van der Waals surface area contributed by atoms with E-state index >= 15 is 0 Å². The van der Waals surface area contributed by atoms with Crippen molar-refractivity contribution < 1.29 is 19.1 Å². The summed E-state index contributed by atoms with van der Waals surface area (Å²) in [6.07, 6.45) is 1.71. The number of aryl methyl sites for hydroxylation is 1. The Balaban J connectivity index is 1.46. The van der Waals surface area contributed by atoms with Crippen LogP contribution in [0.15, 0.2) is 34.8 Å². The lowest BCUT2D eigenvalue weighted by atomic mass is 10.1. The molecule has 0 saturated carbocycles. The number of fused-ring (bicyclic) bond motifs is 2. The largest absolute Gasteiger partial charge is 0.454 e. The van der Waals surface area contributed by atoms with E-state index < -0.39 is 0 Å². The first kappa shape index (κ1) is 17.9. The molecule has 140 valence electrons. The number of carbonyl (C=O) groups is 2. The van der Waals surface area contributed by atoms with Gasteiger partial charge < -0.3 is 19.7 Å². The number of hydrogen-bond donors (Lipinski definition) is 1. The SMILES string of the molecule is CC(=O)N1CCc2cc(Br)cc(NC(=O)CCc3ccc4c(c3)OCO4)c21. The van der Waals surface area contributed by atoms with Gasteiger partial charge in [-0.25, -0.2) is 0 Å². The molecule has 0 radical (unpaired) electrons. The fourth-order valence-corrected chi connectivity index (χ4v) is 3.99. The normalized spacial score (nSPS) is 14.2. The van der Waals surface area contributed by atoms with Gasteiger partial charge in [-0.1, -0.05) is 22.0 Å². The summed E-state index contributed by atoms with van der Waals surface area (Å²) in [6, 6.07) is 9.56. The minimum absolute atomic E-state index is 0.0214. The van der Waals surface area contributed by atoms with Gasteiger partial charge in [0.05, 0.1) is 11.4 Å². The zero-order valence-electron chi connectivity index (χ0n) is 14.9. The van der Waals surface area contributed by atoms with Crippen LogP contribution in [-0.2, 0) is 22.4 Å². The van der Waals surface area contributed by atoms with Gasteiger partial charge in [0.15, 0.2) is 11.5 Å². The Kier molecular flexibility index (Phi) is 4.78. The van der Waals surface area contributed by atoms with E-state index in [1.807, 2.05) is 30.3 Å². The van der Waals surface area contributed by atoms with Gasteiger partial charge in [0.1, 0.15) is 0 Å². The second-order valence-corrected chi connectivity index (χ2v) is 7.53. The molecule has 6 nitrogen and oxygen atoms in total. The highest BCUT2D eigenvalue weighted by Gasteiger charge is 2.26. The molecule has 0 aromatic heterocycles. The number of anilines is 2. The summed E-state index contributed by atoms with van der Waals surface area (Å²) < 4.78 is 11.6. The summed E-state index contributed by atoms with van der Waals surface area (Å²) in [4.78, 5) is 26.2. The smallest absolute Gasteiger partial charge is 0.231 e. The lowest BCUT2D eigenvalue weighted by Gasteiger charge is -2.19. The topological polar surface area (TPSA) is 67.9 Å². The van der Waals surface area contributed by atoms with Crippen LogP contribution in [0.4, 0.5) is 11.4 Å². The monoisotopic (exact) mass is 430 g/mol. The van der Waals surface area contributed by atoms with E-state index in [-0.39, 0.29) is 18.6 Å². The average Bonchev–Trinajstić information content (AvgIpc) is 3.25. The highest BCUT2D eigenvalue weighted by Crippen LogP contribution is 2.38. The average molecular weight is 431 g/mol. The zero-order chi connectivity index (χ0) is 19.0. The molecule has 0 bridgehead atoms. The second kappa shape index (κ2) is 7.23. The molecule has 27 heavy (non-hydrogen) atoms. The number of benzene rings is 2. The molecule has 0 saturated heterocycles. The Hall–Kier alpha value is -2.54. The summed E-state index contributed by atoms with van der Waals surface area (Å²) in [7, 11) is 0. The second-order valence-electron chi connectivity index (χ2n) is 6.62. The van der Waals surface area contributed by atoms with Gasteiger partial charge in [-0.2, -0.15) is 0 Å². The Labute approximate surface area is 165 Å². The molecule has 0 atom stereocenters. The highest BCUT2D eigenvalue weighted by molar-refractivity contribution is 9.10. The van der Waals surface area contributed by atoms with Crippen LogP contribution in [0.1, 0.15) is 24.5 Å². The van der Waals surface area contributed by atoms with E-state index in [4.69, 9.17) is 9.47 Å². The van der Waals surface area contributed by atoms with Gasteiger partial charge in [-0.05, 0) is 48.2 Å². The molecule has 2 aliphatic rings. The molecule has 0 unspecified atom stereocenters. The van der Waals surface area contributed by atoms with E-state index in [9.17, 15) is 9.59 Å². The lowest BCUT2D eigenvalue weighted by Crippen LogP contribution is -2.27. The van der Waals surface area contributed by atoms with Crippen molar-refractivity contribution >= 4 is 39.1 Å². The molecular weight excluding hydrogens is 412 g/mol. The third-order valence-electron chi connectivity index (χ3n) is 4.76. The van der Waals surface area contributed by atoms with Crippen LogP contribution >= 0.6 is 15.9 Å². The molecule has 0 fully saturated rings. The first-order chi connectivity index (χ1) is 13.0. The van der Waals surface area contributed by atoms with E-state index in [1.54, 1.807) is 11.8 Å². The summed E-state index contributed by atoms with van der Waals surface area (Å²) in [5.41, 5.74) is 3.55. The Morgan fingerprint density at radius 3 is 2.81 bits per heavy atom. The van der Waals surface area contributed by atoms with Gasteiger partial charge in [-0.15, -0.1) is 0 Å². The van der Waals surface area contributed by atoms with Gasteiger partial charge >= 0.3 is 0 Å². The van der Waals surface area contributed by atoms with Crippen LogP contribution in [-0.4, -0.2) is 25.2 Å². The minimum atomic E-state index is -0.0941. The third-order valence-corrected chi connectivity index (χ3v) is 5.22. The van der Waals surface area contributed by atoms with E-state index in [1.165, 1.54) is 0 Å². The third kappa shape index (κ3) is 3.64. The number of rotatable bonds is 4. The molecule has 2 aromatic rings. The molecular formula is C20H19BrN2O4. The maximum absolute atomic E-state index is 12.5. The van der Waals surface area contributed by atoms with E-state index in [0.717, 1.165) is 39.2 Å². The maximum Gasteiger partial charge on any atom is 0.231 e. The van der Waals surface area contributed by atoms with Crippen molar-refractivity contribution in [3.8, 4) is 11.5 Å². The Morgan fingerprint density at radius 2 is 2.00 bits per heavy atom. The number of nitrogens with zero attached hydrogens (tertiary/aromatic N) is 1. The van der Waals surface area contributed by atoms with Crippen molar-refractivity contribution in [1.82, 2.24) is 0 Å². The predicted octanol–water partition coefficient (Wildman–Crippen LogP) is 3.66. The van der Waals surface area contributed by atoms with Crippen molar-refractivity contribution in [2.45, 2.75) is 26.2 Å². The number of nitrogens with one attached hydrogen (secondary N) is 1. The van der Waals surface area contributed by atoms with Gasteiger partial charge in [0.2, 0.25) is 18.6 Å². The van der Waals surface area contributed by atoms with Crippen LogP contribution < -0.4 is 19.7 Å². The summed E-state index contributed by atoms with van der Waals surface area (Å²) in [5.74, 6) is 1.34. The van der Waals surface area contributed by atoms with Gasteiger partial charge in [0, 0.05) is 24.4 Å². The summed E-state index contributed by atoms with van der Waals surface area (Å²) in [6.45, 7) is 2.42. The molecule has 7 heteroatoms. The van der Waals surface area contributed by atoms with Crippen LogP contribution in [0.25, 0.3) is 0 Å². The van der Waals surface area contributed by atoms with Crippen molar-refractivity contribution in [2.75, 3.05) is 23.6 Å². The molecule has 2 amide bonds. The van der Waals surface area contributed by atoms with Crippen molar-refractivity contribution in [3.63, 3.8) is 0 Å². The molecule has 2 aliphatic heterocycles. The fourth-order valence-electron chi connectivity index (χ4n) is 3.49. The molecule has 4 rings (SSSR count). The van der Waals surface area contributed by atoms with Crippen LogP contribution in [0, 0.1) is 0 Å². The van der Waals surface area contributed by atoms with Crippen molar-refractivity contribution in [3.05, 3.63) is 45.9 Å². The number of halogens is 1. The van der Waals surface area contributed by atoms with E-state index in [2.05, 4.69) is 21.2 Å². The fraction of sp³-hybridized carbons (Fsp3) is 0.300. The lowest BCUT2D eigenvalue weighted by molar-refractivity contribution is -0.117. The van der Waals surface area contributed by atoms with Crippen molar-refractivity contribution in [1.29, 1.82) is 0 Å². The summed E-state index contributed by atoms with van der Waals surface area (Å²) >= 11 is 3.49. The number of amides is 2. The minimum Gasteiger partial charge on any atom is -0.454 e. The van der Waals surface area contributed by atoms with Crippen LogP contribution in [0.2, 0.25) is 0 Å². The highest BCUT2D eigenvalue weighted by atomic mass is 79.9.